The molecule has 0 aliphatic heterocycles. The Kier molecular flexibility index (Phi) is 4.87. The first-order valence-corrected chi connectivity index (χ1v) is 7.10. The third-order valence-electron chi connectivity index (χ3n) is 2.67. The molecule has 98 valence electrons. The van der Waals surface area contributed by atoms with Crippen molar-refractivity contribution in [3.63, 3.8) is 0 Å². The van der Waals surface area contributed by atoms with Crippen molar-refractivity contribution in [1.82, 2.24) is 4.98 Å². The van der Waals surface area contributed by atoms with E-state index in [1.165, 1.54) is 0 Å². The fourth-order valence-corrected chi connectivity index (χ4v) is 2.61. The van der Waals surface area contributed by atoms with Crippen molar-refractivity contribution in [3.05, 3.63) is 58.3 Å². The first-order valence-electron chi connectivity index (χ1n) is 5.90. The van der Waals surface area contributed by atoms with E-state index < -0.39 is 0 Å². The third-order valence-corrected chi connectivity index (χ3v) is 3.55. The summed E-state index contributed by atoms with van der Waals surface area (Å²) in [5.74, 6) is 0. The predicted octanol–water partition coefficient (Wildman–Crippen LogP) is 3.13. The van der Waals surface area contributed by atoms with Gasteiger partial charge in [0, 0.05) is 40.6 Å². The lowest BCUT2D eigenvalue weighted by Gasteiger charge is -2.09. The zero-order valence-corrected chi connectivity index (χ0v) is 12.7. The van der Waals surface area contributed by atoms with Crippen LogP contribution in [0.25, 0.3) is 0 Å². The minimum Gasteiger partial charge on any atom is -0.389 e. The van der Waals surface area contributed by atoms with Gasteiger partial charge >= 0.3 is 0 Å². The van der Waals surface area contributed by atoms with Crippen LogP contribution in [0.1, 0.15) is 11.3 Å². The minimum atomic E-state index is 0.395. The smallest absolute Gasteiger partial charge is 0.105 e. The molecule has 0 aliphatic rings. The zero-order chi connectivity index (χ0) is 13.7. The molecule has 1 heterocycles. The number of nitrogens with two attached hydrogens (primary N) is 1. The van der Waals surface area contributed by atoms with E-state index in [9.17, 15) is 0 Å². The minimum absolute atomic E-state index is 0.395. The van der Waals surface area contributed by atoms with Gasteiger partial charge in [0.25, 0.3) is 0 Å². The Morgan fingerprint density at radius 1 is 1.32 bits per heavy atom. The van der Waals surface area contributed by atoms with Crippen LogP contribution in [-0.2, 0) is 6.42 Å². The van der Waals surface area contributed by atoms with Crippen LogP contribution >= 0.6 is 28.1 Å². The first-order chi connectivity index (χ1) is 9.16. The molecule has 0 saturated carbocycles. The molecule has 5 heteroatoms. The Bertz CT molecular complexity index is 572. The third kappa shape index (κ3) is 4.01. The Morgan fingerprint density at radius 2 is 2.16 bits per heavy atom. The summed E-state index contributed by atoms with van der Waals surface area (Å²) in [6.07, 6.45) is 2.69. The number of nitrogens with zero attached hydrogens (tertiary/aromatic N) is 1. The topological polar surface area (TPSA) is 50.9 Å². The molecule has 0 fully saturated rings. The Morgan fingerprint density at radius 3 is 2.79 bits per heavy atom. The molecule has 0 atom stereocenters. The lowest BCUT2D eigenvalue weighted by Crippen LogP contribution is -2.11. The number of rotatable bonds is 5. The van der Waals surface area contributed by atoms with Crippen LogP contribution in [0.15, 0.2) is 47.1 Å². The first kappa shape index (κ1) is 14.0. The lowest BCUT2D eigenvalue weighted by molar-refractivity contribution is 0.961. The molecule has 2 rings (SSSR count). The van der Waals surface area contributed by atoms with Gasteiger partial charge in [-0.25, -0.2) is 0 Å². The summed E-state index contributed by atoms with van der Waals surface area (Å²) in [5, 5.41) is 3.35. The molecule has 1 aromatic heterocycles. The summed E-state index contributed by atoms with van der Waals surface area (Å²) in [6, 6.07) is 11.8. The molecule has 2 aromatic rings. The van der Waals surface area contributed by atoms with Gasteiger partial charge in [0.1, 0.15) is 4.99 Å². The van der Waals surface area contributed by atoms with Crippen molar-refractivity contribution in [2.24, 2.45) is 5.73 Å². The van der Waals surface area contributed by atoms with E-state index in [-0.39, 0.29) is 0 Å². The maximum Gasteiger partial charge on any atom is 0.105 e. The number of anilines is 1. The number of hydrogen-bond acceptors (Lipinski definition) is 3. The molecule has 0 spiro atoms. The monoisotopic (exact) mass is 335 g/mol. The largest absolute Gasteiger partial charge is 0.389 e. The van der Waals surface area contributed by atoms with Crippen LogP contribution in [0.2, 0.25) is 0 Å². The van der Waals surface area contributed by atoms with E-state index in [2.05, 4.69) is 26.2 Å². The highest BCUT2D eigenvalue weighted by atomic mass is 79.9. The molecule has 19 heavy (non-hydrogen) atoms. The SMILES string of the molecule is NC(=S)c1ccc(NCCc2ccccn2)cc1Br. The van der Waals surface area contributed by atoms with Crippen molar-refractivity contribution >= 4 is 38.8 Å². The zero-order valence-electron chi connectivity index (χ0n) is 10.3. The van der Waals surface area contributed by atoms with E-state index in [0.29, 0.717) is 4.99 Å². The summed E-state index contributed by atoms with van der Waals surface area (Å²) in [7, 11) is 0. The molecule has 0 bridgehead atoms. The molecule has 0 saturated heterocycles. The summed E-state index contributed by atoms with van der Waals surface area (Å²) in [5.41, 5.74) is 8.57. The van der Waals surface area contributed by atoms with Crippen LogP contribution in [-0.4, -0.2) is 16.5 Å². The fourth-order valence-electron chi connectivity index (χ4n) is 1.71. The highest BCUT2D eigenvalue weighted by Crippen LogP contribution is 2.21. The molecule has 0 aliphatic carbocycles. The normalized spacial score (nSPS) is 10.2. The summed E-state index contributed by atoms with van der Waals surface area (Å²) >= 11 is 8.43. The number of nitrogens with one attached hydrogen (secondary N) is 1. The summed E-state index contributed by atoms with van der Waals surface area (Å²) in [4.78, 5) is 4.68. The van der Waals surface area contributed by atoms with Crippen LogP contribution in [0.3, 0.4) is 0 Å². The molecular formula is C14H14BrN3S. The average molecular weight is 336 g/mol. The van der Waals surface area contributed by atoms with E-state index in [1.807, 2.05) is 42.6 Å². The quantitative estimate of drug-likeness (QED) is 0.824. The maximum absolute atomic E-state index is 5.61. The predicted molar refractivity (Wildman–Crippen MR) is 86.5 cm³/mol. The van der Waals surface area contributed by atoms with Gasteiger partial charge in [-0.15, -0.1) is 0 Å². The molecule has 3 nitrogen and oxygen atoms in total. The van der Waals surface area contributed by atoms with E-state index in [0.717, 1.165) is 34.4 Å². The Balaban J connectivity index is 1.93. The van der Waals surface area contributed by atoms with Crippen molar-refractivity contribution in [2.45, 2.75) is 6.42 Å². The van der Waals surface area contributed by atoms with Gasteiger partial charge in [-0.3, -0.25) is 4.98 Å². The lowest BCUT2D eigenvalue weighted by atomic mass is 10.2. The number of thiocarbonyl (C=S) groups is 1. The molecule has 0 radical (unpaired) electrons. The van der Waals surface area contributed by atoms with E-state index >= 15 is 0 Å². The van der Waals surface area contributed by atoms with E-state index in [1.54, 1.807) is 0 Å². The highest BCUT2D eigenvalue weighted by molar-refractivity contribution is 9.10. The Hall–Kier alpha value is -1.46. The second-order valence-corrected chi connectivity index (χ2v) is 5.35. The molecular weight excluding hydrogens is 322 g/mol. The number of aromatic nitrogens is 1. The fraction of sp³-hybridized carbons (Fsp3) is 0.143. The van der Waals surface area contributed by atoms with Gasteiger partial charge in [0.05, 0.1) is 0 Å². The van der Waals surface area contributed by atoms with Gasteiger partial charge in [-0.1, -0.05) is 18.3 Å². The van der Waals surface area contributed by atoms with E-state index in [4.69, 9.17) is 18.0 Å². The second-order valence-electron chi connectivity index (χ2n) is 4.06. The number of halogens is 1. The van der Waals surface area contributed by atoms with Crippen LogP contribution in [0.4, 0.5) is 5.69 Å². The van der Waals surface area contributed by atoms with Gasteiger partial charge in [-0.05, 0) is 46.3 Å². The van der Waals surface area contributed by atoms with Crippen molar-refractivity contribution in [2.75, 3.05) is 11.9 Å². The van der Waals surface area contributed by atoms with Gasteiger partial charge in [0.2, 0.25) is 0 Å². The molecule has 0 unspecified atom stereocenters. The number of pyridine rings is 1. The summed E-state index contributed by atoms with van der Waals surface area (Å²) < 4.78 is 0.905. The van der Waals surface area contributed by atoms with Gasteiger partial charge in [0.15, 0.2) is 0 Å². The Labute approximate surface area is 126 Å². The van der Waals surface area contributed by atoms with Crippen LogP contribution in [0, 0.1) is 0 Å². The average Bonchev–Trinajstić information content (AvgIpc) is 2.39. The molecule has 1 aromatic carbocycles. The highest BCUT2D eigenvalue weighted by Gasteiger charge is 2.03. The second kappa shape index (κ2) is 6.63. The number of hydrogen-bond donors (Lipinski definition) is 2. The number of benzene rings is 1. The van der Waals surface area contributed by atoms with Crippen LogP contribution < -0.4 is 11.1 Å². The standard InChI is InChI=1S/C14H14BrN3S/c15-13-9-11(4-5-12(13)14(16)19)18-8-6-10-3-1-2-7-17-10/h1-5,7,9,18H,6,8H2,(H2,16,19). The molecule has 0 amide bonds. The molecule has 3 N–H and O–H groups in total. The van der Waals surface area contributed by atoms with Gasteiger partial charge < -0.3 is 11.1 Å². The van der Waals surface area contributed by atoms with Crippen LogP contribution in [0.5, 0.6) is 0 Å². The van der Waals surface area contributed by atoms with Crippen molar-refractivity contribution in [3.8, 4) is 0 Å². The van der Waals surface area contributed by atoms with Crippen molar-refractivity contribution in [1.29, 1.82) is 0 Å². The van der Waals surface area contributed by atoms with Gasteiger partial charge in [-0.2, -0.15) is 0 Å². The maximum atomic E-state index is 5.61. The summed E-state index contributed by atoms with van der Waals surface area (Å²) in [6.45, 7) is 0.829. The van der Waals surface area contributed by atoms with Crippen molar-refractivity contribution < 1.29 is 0 Å².